The van der Waals surface area contributed by atoms with Gasteiger partial charge in [-0.05, 0) is 61.9 Å². The van der Waals surface area contributed by atoms with Crippen molar-refractivity contribution in [3.63, 3.8) is 0 Å². The summed E-state index contributed by atoms with van der Waals surface area (Å²) >= 11 is 0. The lowest BCUT2D eigenvalue weighted by Crippen LogP contribution is -2.30. The van der Waals surface area contributed by atoms with Crippen molar-refractivity contribution in [3.05, 3.63) is 72.1 Å². The predicted molar refractivity (Wildman–Crippen MR) is 105 cm³/mol. The fourth-order valence-electron chi connectivity index (χ4n) is 2.61. The van der Waals surface area contributed by atoms with E-state index in [0.29, 0.717) is 17.0 Å². The minimum atomic E-state index is -0.969. The molecule has 1 amide bonds. The largest absolute Gasteiger partial charge is 0.495 e. The van der Waals surface area contributed by atoms with Gasteiger partial charge in [-0.3, -0.25) is 4.79 Å². The maximum absolute atomic E-state index is 12.4. The van der Waals surface area contributed by atoms with Gasteiger partial charge in [0.2, 0.25) is 0 Å². The number of hydrogen-bond acceptors (Lipinski definition) is 5. The number of carbonyl (C=O) groups is 2. The van der Waals surface area contributed by atoms with Crippen molar-refractivity contribution in [3.8, 4) is 11.4 Å². The molecule has 1 atom stereocenters. The van der Waals surface area contributed by atoms with Crippen molar-refractivity contribution in [1.29, 1.82) is 0 Å². The number of methoxy groups -OCH3 is 1. The summed E-state index contributed by atoms with van der Waals surface area (Å²) in [6.07, 6.45) is 2.51. The lowest BCUT2D eigenvalue weighted by molar-refractivity contribution is -0.123. The fourth-order valence-corrected chi connectivity index (χ4v) is 2.61. The van der Waals surface area contributed by atoms with Gasteiger partial charge in [0.25, 0.3) is 5.91 Å². The number of nitrogens with zero attached hydrogens (tertiary/aromatic N) is 2. The molecule has 0 saturated carbocycles. The molecule has 0 bridgehead atoms. The van der Waals surface area contributed by atoms with Gasteiger partial charge in [-0.25, -0.2) is 9.48 Å². The highest BCUT2D eigenvalue weighted by Crippen LogP contribution is 2.25. The fraction of sp³-hybridized carbons (Fsp3) is 0.190. The molecular formula is C21H21N3O4. The minimum Gasteiger partial charge on any atom is -0.495 e. The van der Waals surface area contributed by atoms with Crippen LogP contribution < -0.4 is 10.1 Å². The van der Waals surface area contributed by atoms with Crippen molar-refractivity contribution in [2.24, 2.45) is 0 Å². The molecule has 2 aromatic carbocycles. The number of nitrogens with one attached hydrogen (secondary N) is 1. The highest BCUT2D eigenvalue weighted by Gasteiger charge is 2.20. The number of carbonyl (C=O) groups excluding carboxylic acids is 2. The van der Waals surface area contributed by atoms with Crippen molar-refractivity contribution in [2.45, 2.75) is 20.0 Å². The molecule has 3 aromatic rings. The first-order valence-electron chi connectivity index (χ1n) is 8.74. The van der Waals surface area contributed by atoms with Crippen LogP contribution in [-0.4, -0.2) is 34.9 Å². The van der Waals surface area contributed by atoms with E-state index >= 15 is 0 Å². The third kappa shape index (κ3) is 4.37. The molecule has 0 unspecified atom stereocenters. The van der Waals surface area contributed by atoms with Crippen molar-refractivity contribution in [2.75, 3.05) is 12.4 Å². The van der Waals surface area contributed by atoms with Crippen LogP contribution in [0.1, 0.15) is 22.8 Å². The van der Waals surface area contributed by atoms with E-state index in [1.54, 1.807) is 53.5 Å². The molecule has 0 saturated heterocycles. The van der Waals surface area contributed by atoms with Crippen molar-refractivity contribution < 1.29 is 19.1 Å². The van der Waals surface area contributed by atoms with E-state index in [0.717, 1.165) is 11.3 Å². The SMILES string of the molecule is COc1ccc(C)cc1NC(=O)[C@@H](C)OC(=O)c1ccc(-n2cccn2)cc1. The number of ether oxygens (including phenoxy) is 2. The van der Waals surface area contributed by atoms with Gasteiger partial charge < -0.3 is 14.8 Å². The van der Waals surface area contributed by atoms with Crippen LogP contribution in [0.25, 0.3) is 5.69 Å². The molecular weight excluding hydrogens is 358 g/mol. The number of benzene rings is 2. The molecule has 7 nitrogen and oxygen atoms in total. The summed E-state index contributed by atoms with van der Waals surface area (Å²) in [7, 11) is 1.52. The summed E-state index contributed by atoms with van der Waals surface area (Å²) in [5, 5.41) is 6.86. The number of hydrogen-bond donors (Lipinski definition) is 1. The Morgan fingerprint density at radius 1 is 1.14 bits per heavy atom. The quantitative estimate of drug-likeness (QED) is 0.664. The number of amides is 1. The molecule has 1 aromatic heterocycles. The Labute approximate surface area is 162 Å². The molecule has 1 N–H and O–H groups in total. The van der Waals surface area contributed by atoms with E-state index in [9.17, 15) is 9.59 Å². The molecule has 7 heteroatoms. The normalized spacial score (nSPS) is 11.5. The molecule has 0 aliphatic heterocycles. The van der Waals surface area contributed by atoms with Gasteiger partial charge >= 0.3 is 5.97 Å². The lowest BCUT2D eigenvalue weighted by Gasteiger charge is -2.15. The number of rotatable bonds is 6. The summed E-state index contributed by atoms with van der Waals surface area (Å²) < 4.78 is 12.2. The summed E-state index contributed by atoms with van der Waals surface area (Å²) in [6.45, 7) is 3.43. The zero-order valence-electron chi connectivity index (χ0n) is 15.9. The van der Waals surface area contributed by atoms with Crippen LogP contribution >= 0.6 is 0 Å². The van der Waals surface area contributed by atoms with Gasteiger partial charge in [0.15, 0.2) is 6.10 Å². The molecule has 3 rings (SSSR count). The first-order chi connectivity index (χ1) is 13.5. The Kier molecular flexibility index (Phi) is 5.74. The van der Waals surface area contributed by atoms with Crippen LogP contribution in [-0.2, 0) is 9.53 Å². The third-order valence-corrected chi connectivity index (χ3v) is 4.14. The maximum Gasteiger partial charge on any atom is 0.338 e. The Morgan fingerprint density at radius 3 is 2.54 bits per heavy atom. The van der Waals surface area contributed by atoms with Crippen LogP contribution in [0.3, 0.4) is 0 Å². The van der Waals surface area contributed by atoms with E-state index in [-0.39, 0.29) is 0 Å². The highest BCUT2D eigenvalue weighted by molar-refractivity contribution is 5.98. The highest BCUT2D eigenvalue weighted by atomic mass is 16.5. The Balaban J connectivity index is 1.63. The second-order valence-electron chi connectivity index (χ2n) is 6.24. The van der Waals surface area contributed by atoms with E-state index in [1.165, 1.54) is 14.0 Å². The molecule has 28 heavy (non-hydrogen) atoms. The van der Waals surface area contributed by atoms with E-state index in [4.69, 9.17) is 9.47 Å². The van der Waals surface area contributed by atoms with Gasteiger partial charge in [-0.15, -0.1) is 0 Å². The summed E-state index contributed by atoms with van der Waals surface area (Å²) in [5.74, 6) is -0.483. The van der Waals surface area contributed by atoms with Crippen molar-refractivity contribution >= 4 is 17.6 Å². The minimum absolute atomic E-state index is 0.351. The first-order valence-corrected chi connectivity index (χ1v) is 8.74. The topological polar surface area (TPSA) is 82.5 Å². The molecule has 0 spiro atoms. The first kappa shape index (κ1) is 19.2. The standard InChI is InChI=1S/C21H21N3O4/c1-14-5-10-19(27-3)18(13-14)23-20(25)15(2)28-21(26)16-6-8-17(9-7-16)24-12-4-11-22-24/h4-13,15H,1-3H3,(H,23,25)/t15-/m1/s1. The number of anilines is 1. The third-order valence-electron chi connectivity index (χ3n) is 4.14. The Morgan fingerprint density at radius 2 is 1.89 bits per heavy atom. The van der Waals surface area contributed by atoms with Gasteiger partial charge in [0, 0.05) is 12.4 Å². The summed E-state index contributed by atoms with van der Waals surface area (Å²) in [4.78, 5) is 24.8. The molecule has 144 valence electrons. The molecule has 0 aliphatic rings. The lowest BCUT2D eigenvalue weighted by atomic mass is 10.2. The number of aryl methyl sites for hydroxylation is 1. The number of aromatic nitrogens is 2. The molecule has 1 heterocycles. The Hall–Kier alpha value is -3.61. The average molecular weight is 379 g/mol. The Bertz CT molecular complexity index is 966. The predicted octanol–water partition coefficient (Wildman–Crippen LogP) is 3.37. The van der Waals surface area contributed by atoms with Crippen LogP contribution in [0.4, 0.5) is 5.69 Å². The second-order valence-corrected chi connectivity index (χ2v) is 6.24. The smallest absolute Gasteiger partial charge is 0.338 e. The zero-order chi connectivity index (χ0) is 20.1. The van der Waals surface area contributed by atoms with E-state index < -0.39 is 18.0 Å². The van der Waals surface area contributed by atoms with E-state index in [2.05, 4.69) is 10.4 Å². The molecule has 0 aliphatic carbocycles. The summed E-state index contributed by atoms with van der Waals surface area (Å²) in [5.41, 5.74) is 2.67. The monoisotopic (exact) mass is 379 g/mol. The second kappa shape index (κ2) is 8.39. The van der Waals surface area contributed by atoms with Gasteiger partial charge in [-0.1, -0.05) is 6.07 Å². The van der Waals surface area contributed by atoms with Crippen LogP contribution in [0.5, 0.6) is 5.75 Å². The van der Waals surface area contributed by atoms with Gasteiger partial charge in [-0.2, -0.15) is 5.10 Å². The molecule has 0 fully saturated rings. The number of esters is 1. The van der Waals surface area contributed by atoms with Crippen molar-refractivity contribution in [1.82, 2.24) is 9.78 Å². The van der Waals surface area contributed by atoms with Crippen LogP contribution in [0, 0.1) is 6.92 Å². The zero-order valence-corrected chi connectivity index (χ0v) is 15.9. The van der Waals surface area contributed by atoms with E-state index in [1.807, 2.05) is 19.1 Å². The van der Waals surface area contributed by atoms with Gasteiger partial charge in [0.1, 0.15) is 5.75 Å². The maximum atomic E-state index is 12.4. The van der Waals surface area contributed by atoms with Crippen LogP contribution in [0.2, 0.25) is 0 Å². The van der Waals surface area contributed by atoms with Crippen LogP contribution in [0.15, 0.2) is 60.9 Å². The van der Waals surface area contributed by atoms with Gasteiger partial charge in [0.05, 0.1) is 24.0 Å². The summed E-state index contributed by atoms with van der Waals surface area (Å²) in [6, 6.07) is 14.0. The average Bonchev–Trinajstić information content (AvgIpc) is 3.23. The molecule has 0 radical (unpaired) electrons.